The third-order valence-corrected chi connectivity index (χ3v) is 5.16. The van der Waals surface area contributed by atoms with Crippen LogP contribution in [0.4, 0.5) is 0 Å². The molecular weight excluding hydrogens is 340 g/mol. The Hall–Kier alpha value is -3.21. The highest BCUT2D eigenvalue weighted by Gasteiger charge is 2.40. The van der Waals surface area contributed by atoms with Gasteiger partial charge in [0.2, 0.25) is 5.91 Å². The minimum absolute atomic E-state index is 0.0310. The molecule has 5 heteroatoms. The molecule has 0 spiro atoms. The van der Waals surface area contributed by atoms with Crippen LogP contribution in [-0.2, 0) is 20.8 Å². The summed E-state index contributed by atoms with van der Waals surface area (Å²) in [6.07, 6.45) is 4.19. The van der Waals surface area contributed by atoms with Gasteiger partial charge < -0.3 is 5.32 Å². The van der Waals surface area contributed by atoms with Gasteiger partial charge in [0.15, 0.2) is 0 Å². The van der Waals surface area contributed by atoms with Gasteiger partial charge in [-0.3, -0.25) is 19.3 Å². The summed E-state index contributed by atoms with van der Waals surface area (Å²) in [4.78, 5) is 38.0. The van der Waals surface area contributed by atoms with Crippen LogP contribution in [0.15, 0.2) is 66.7 Å². The number of amides is 3. The summed E-state index contributed by atoms with van der Waals surface area (Å²) in [6.45, 7) is 0. The molecular formula is C22H20N2O3. The second kappa shape index (κ2) is 7.19. The van der Waals surface area contributed by atoms with Crippen molar-refractivity contribution in [2.45, 2.75) is 31.3 Å². The van der Waals surface area contributed by atoms with Crippen LogP contribution < -0.4 is 5.32 Å². The number of benzene rings is 2. The molecule has 2 aliphatic rings. The Morgan fingerprint density at radius 3 is 2.26 bits per heavy atom. The molecule has 0 aromatic heterocycles. The highest BCUT2D eigenvalue weighted by atomic mass is 16.2. The number of nitrogens with zero attached hydrogens (tertiary/aromatic N) is 1. The average molecular weight is 360 g/mol. The summed E-state index contributed by atoms with van der Waals surface area (Å²) in [5.74, 6) is -0.622. The molecule has 0 saturated heterocycles. The molecule has 27 heavy (non-hydrogen) atoms. The Balaban J connectivity index is 1.47. The molecule has 2 atom stereocenters. The zero-order valence-electron chi connectivity index (χ0n) is 14.8. The van der Waals surface area contributed by atoms with E-state index in [2.05, 4.69) is 5.32 Å². The number of hydrogen-bond donors (Lipinski definition) is 1. The molecule has 1 aliphatic heterocycles. The van der Waals surface area contributed by atoms with Crippen molar-refractivity contribution in [1.82, 2.24) is 10.2 Å². The number of carbonyl (C=O) groups excluding carboxylic acids is 3. The van der Waals surface area contributed by atoms with Crippen molar-refractivity contribution < 1.29 is 14.4 Å². The predicted molar refractivity (Wildman–Crippen MR) is 100 cm³/mol. The number of hydrogen-bond acceptors (Lipinski definition) is 3. The summed E-state index contributed by atoms with van der Waals surface area (Å²) < 4.78 is 0. The lowest BCUT2D eigenvalue weighted by atomic mass is 10.1. The molecule has 2 aromatic rings. The number of imide groups is 1. The van der Waals surface area contributed by atoms with Gasteiger partial charge in [-0.1, -0.05) is 54.6 Å². The monoisotopic (exact) mass is 360 g/mol. The molecule has 0 unspecified atom stereocenters. The van der Waals surface area contributed by atoms with Crippen molar-refractivity contribution in [2.24, 2.45) is 0 Å². The molecule has 0 fully saturated rings. The van der Waals surface area contributed by atoms with Crippen molar-refractivity contribution in [3.8, 4) is 0 Å². The Morgan fingerprint density at radius 1 is 0.926 bits per heavy atom. The first-order valence-electron chi connectivity index (χ1n) is 9.11. The summed E-state index contributed by atoms with van der Waals surface area (Å²) in [5.41, 5.74) is 3.02. The minimum atomic E-state index is -0.337. The smallest absolute Gasteiger partial charge is 0.254 e. The molecule has 0 saturated carbocycles. The van der Waals surface area contributed by atoms with Crippen LogP contribution in [-0.4, -0.2) is 22.6 Å². The fraction of sp³-hybridized carbons (Fsp3) is 0.227. The molecule has 0 bridgehead atoms. The van der Waals surface area contributed by atoms with Crippen LogP contribution in [0.5, 0.6) is 0 Å². The SMILES string of the molecule is O=C(CCc1ccccc1)N[C@H]1C[C@H](N2C(=O)C=CC2=O)c2ccccc21. The lowest BCUT2D eigenvalue weighted by Gasteiger charge is -2.23. The molecule has 2 aromatic carbocycles. The first-order chi connectivity index (χ1) is 13.1. The first-order valence-corrected chi connectivity index (χ1v) is 9.11. The van der Waals surface area contributed by atoms with Crippen LogP contribution in [0.2, 0.25) is 0 Å². The van der Waals surface area contributed by atoms with Crippen LogP contribution in [0.25, 0.3) is 0 Å². The minimum Gasteiger partial charge on any atom is -0.349 e. The predicted octanol–water partition coefficient (Wildman–Crippen LogP) is 2.85. The maximum absolute atomic E-state index is 12.5. The first kappa shape index (κ1) is 17.2. The van der Waals surface area contributed by atoms with Gasteiger partial charge in [0.05, 0.1) is 12.1 Å². The van der Waals surface area contributed by atoms with Crippen LogP contribution in [0.3, 0.4) is 0 Å². The molecule has 1 heterocycles. The molecule has 136 valence electrons. The quantitative estimate of drug-likeness (QED) is 0.834. The Kier molecular flexibility index (Phi) is 4.59. The van der Waals surface area contributed by atoms with Gasteiger partial charge in [0.25, 0.3) is 11.8 Å². The van der Waals surface area contributed by atoms with E-state index in [-0.39, 0.29) is 29.8 Å². The van der Waals surface area contributed by atoms with Crippen molar-refractivity contribution in [3.63, 3.8) is 0 Å². The topological polar surface area (TPSA) is 66.5 Å². The van der Waals surface area contributed by atoms with E-state index >= 15 is 0 Å². The van der Waals surface area contributed by atoms with E-state index in [0.717, 1.165) is 16.7 Å². The zero-order valence-corrected chi connectivity index (χ0v) is 14.8. The third-order valence-electron chi connectivity index (χ3n) is 5.16. The molecule has 5 nitrogen and oxygen atoms in total. The second-order valence-corrected chi connectivity index (χ2v) is 6.87. The maximum Gasteiger partial charge on any atom is 0.254 e. The zero-order chi connectivity index (χ0) is 18.8. The lowest BCUT2D eigenvalue weighted by molar-refractivity contribution is -0.139. The number of nitrogens with one attached hydrogen (secondary N) is 1. The van der Waals surface area contributed by atoms with E-state index in [4.69, 9.17) is 0 Å². The Bertz CT molecular complexity index is 902. The molecule has 1 N–H and O–H groups in total. The van der Waals surface area contributed by atoms with Gasteiger partial charge >= 0.3 is 0 Å². The number of fused-ring (bicyclic) bond motifs is 1. The fourth-order valence-corrected chi connectivity index (χ4v) is 3.88. The Labute approximate surface area is 157 Å². The number of aryl methyl sites for hydroxylation is 1. The lowest BCUT2D eigenvalue weighted by Crippen LogP contribution is -2.34. The van der Waals surface area contributed by atoms with E-state index in [1.54, 1.807) is 0 Å². The van der Waals surface area contributed by atoms with E-state index in [1.165, 1.54) is 17.1 Å². The molecule has 4 rings (SSSR count). The summed E-state index contributed by atoms with van der Waals surface area (Å²) in [7, 11) is 0. The van der Waals surface area contributed by atoms with Gasteiger partial charge in [0.1, 0.15) is 0 Å². The fourth-order valence-electron chi connectivity index (χ4n) is 3.88. The van der Waals surface area contributed by atoms with Gasteiger partial charge in [-0.25, -0.2) is 0 Å². The van der Waals surface area contributed by atoms with Gasteiger partial charge in [-0.05, 0) is 29.5 Å². The van der Waals surface area contributed by atoms with Crippen LogP contribution in [0, 0.1) is 0 Å². The highest BCUT2D eigenvalue weighted by Crippen LogP contribution is 2.43. The number of rotatable bonds is 5. The van der Waals surface area contributed by atoms with E-state index in [0.29, 0.717) is 19.3 Å². The highest BCUT2D eigenvalue weighted by molar-refractivity contribution is 6.13. The largest absolute Gasteiger partial charge is 0.349 e. The molecule has 1 aliphatic carbocycles. The number of carbonyl (C=O) groups is 3. The van der Waals surface area contributed by atoms with Crippen molar-refractivity contribution in [1.29, 1.82) is 0 Å². The normalized spacial score (nSPS) is 20.8. The van der Waals surface area contributed by atoms with E-state index in [9.17, 15) is 14.4 Å². The van der Waals surface area contributed by atoms with Crippen LogP contribution >= 0.6 is 0 Å². The van der Waals surface area contributed by atoms with E-state index < -0.39 is 0 Å². The standard InChI is InChI=1S/C22H20N2O3/c25-20(11-10-15-6-2-1-3-7-15)23-18-14-19(17-9-5-4-8-16(17)18)24-21(26)12-13-22(24)27/h1-9,12-13,18-19H,10-11,14H2,(H,23,25)/t18-,19-/m0/s1. The third kappa shape index (κ3) is 3.40. The summed E-state index contributed by atoms with van der Waals surface area (Å²) in [5, 5.41) is 3.08. The van der Waals surface area contributed by atoms with Gasteiger partial charge in [-0.15, -0.1) is 0 Å². The van der Waals surface area contributed by atoms with Gasteiger partial charge in [-0.2, -0.15) is 0 Å². The van der Waals surface area contributed by atoms with Crippen molar-refractivity contribution in [2.75, 3.05) is 0 Å². The van der Waals surface area contributed by atoms with Crippen molar-refractivity contribution >= 4 is 17.7 Å². The summed E-state index contributed by atoms with van der Waals surface area (Å²) >= 11 is 0. The average Bonchev–Trinajstić information content (AvgIpc) is 3.20. The summed E-state index contributed by atoms with van der Waals surface area (Å²) in [6, 6.07) is 17.0. The van der Waals surface area contributed by atoms with Gasteiger partial charge in [0, 0.05) is 18.6 Å². The second-order valence-electron chi connectivity index (χ2n) is 6.87. The molecule has 3 amide bonds. The maximum atomic E-state index is 12.5. The van der Waals surface area contributed by atoms with Crippen LogP contribution in [0.1, 0.15) is 41.6 Å². The Morgan fingerprint density at radius 2 is 1.56 bits per heavy atom. The molecule has 0 radical (unpaired) electrons. The van der Waals surface area contributed by atoms with Crippen molar-refractivity contribution in [3.05, 3.63) is 83.4 Å². The van der Waals surface area contributed by atoms with E-state index in [1.807, 2.05) is 54.6 Å².